The van der Waals surface area contributed by atoms with Gasteiger partial charge < -0.3 is 34.7 Å². The Morgan fingerprint density at radius 1 is 0.530 bits per heavy atom. The summed E-state index contributed by atoms with van der Waals surface area (Å²) in [5, 5.41) is 15.0. The molecule has 5 aromatic carbocycles. The van der Waals surface area contributed by atoms with Crippen molar-refractivity contribution in [3.63, 3.8) is 0 Å². The van der Waals surface area contributed by atoms with Gasteiger partial charge in [0.05, 0.1) is 38.5 Å². The number of carboxylic acid groups (broad SMARTS) is 1. The van der Waals surface area contributed by atoms with Gasteiger partial charge >= 0.3 is 0 Å². The normalized spacial score (nSPS) is 16.0. The van der Waals surface area contributed by atoms with Crippen molar-refractivity contribution in [2.24, 2.45) is 10.8 Å². The Morgan fingerprint density at radius 3 is 1.34 bits per heavy atom. The van der Waals surface area contributed by atoms with Crippen LogP contribution in [-0.4, -0.2) is 49.1 Å². The van der Waals surface area contributed by atoms with Crippen molar-refractivity contribution >= 4 is 17.5 Å². The molecule has 2 atom stereocenters. The second kappa shape index (κ2) is 30.3. The maximum Gasteiger partial charge on any atom is 0.300 e. The molecule has 11 heteroatoms. The largest absolute Gasteiger partial charge is 0.493 e. The van der Waals surface area contributed by atoms with Crippen LogP contribution >= 0.6 is 0 Å². The molecule has 3 N–H and O–H groups in total. The van der Waals surface area contributed by atoms with E-state index in [1.165, 1.54) is 0 Å². The number of benzene rings is 5. The molecule has 0 aromatic heterocycles. The quantitative estimate of drug-likeness (QED) is 0.0542. The van der Waals surface area contributed by atoms with Crippen LogP contribution in [0.1, 0.15) is 158 Å². The number of allylic oxidation sites excluding steroid dienone is 9. The van der Waals surface area contributed by atoms with E-state index in [0.717, 1.165) is 117 Å². The molecule has 3 aliphatic rings. The first-order chi connectivity index (χ1) is 39.4. The SMILES string of the molecule is CC(=O)O.CCCOC1=C2Cc3cccc(c3OCCC)Cc3cccc(c3OCCC)Cc3cccc(c3OCCC)CC1=CC(=O)/C2=C\N[C@H](c1ccccc1)[C@H](N/C=C1/C=C(C(C)(C)C)C=C(C(C)(C)C)C1=O)c1ccccc1.[Mn]. The number of fused-ring (bicyclic) bond motifs is 7. The van der Waals surface area contributed by atoms with Gasteiger partial charge in [0.2, 0.25) is 0 Å². The summed E-state index contributed by atoms with van der Waals surface area (Å²) in [6.45, 7) is 24.5. The second-order valence-electron chi connectivity index (χ2n) is 23.4. The number of Topliss-reactive ketones (excluding diaryl/α,β-unsaturated/α-hetero) is 1. The summed E-state index contributed by atoms with van der Waals surface area (Å²) in [4.78, 5) is 38.9. The van der Waals surface area contributed by atoms with E-state index < -0.39 is 18.1 Å². The number of ether oxygens (including phenoxy) is 4. The van der Waals surface area contributed by atoms with Gasteiger partial charge in [-0.3, -0.25) is 14.4 Å². The maximum atomic E-state index is 15.4. The van der Waals surface area contributed by atoms with Gasteiger partial charge in [0, 0.05) is 89.9 Å². The van der Waals surface area contributed by atoms with Gasteiger partial charge in [-0.15, -0.1) is 0 Å². The summed E-state index contributed by atoms with van der Waals surface area (Å²) < 4.78 is 27.2. The fourth-order valence-electron chi connectivity index (χ4n) is 10.5. The zero-order valence-electron chi connectivity index (χ0n) is 50.7. The molecule has 0 amide bonds. The van der Waals surface area contributed by atoms with Crippen LogP contribution in [0.25, 0.3) is 0 Å². The Morgan fingerprint density at radius 2 is 0.928 bits per heavy atom. The number of hydrogen-bond donors (Lipinski definition) is 3. The smallest absolute Gasteiger partial charge is 0.300 e. The topological polar surface area (TPSA) is 132 Å². The molecule has 5 aromatic rings. The Balaban J connectivity index is 0.00000214. The molecule has 0 saturated heterocycles. The van der Waals surface area contributed by atoms with E-state index in [9.17, 15) is 4.79 Å². The zero-order valence-corrected chi connectivity index (χ0v) is 51.9. The standard InChI is InChI=1S/C70H82N2O6.C2H4O2.Mn/c1-11-34-75-65-49-28-21-29-50(65)39-52-31-23-33-54(67(52)77-36-13-3)42-58-59(61(73)43-55(68(58)78-37-14-4)40-53-32-22-30-51(38-49)66(53)76-35-12-2)46-72-63(48-26-19-16-20-27-48)62(47-24-17-15-18-25-47)71-45-56-41-57(69(5,6)7)44-60(64(56)74)70(8,9)10;1-2(3)4;/h15-33,41,43-46,62-63,71-72H,11-14,34-40,42H2,1-10H3;1H3,(H,3,4);/b56-45-,59-46-;;/t62-,63-;;/m1../s1. The average molecular weight is 1160 g/mol. The van der Waals surface area contributed by atoms with Crippen LogP contribution in [0.15, 0.2) is 185 Å². The van der Waals surface area contributed by atoms with Crippen molar-refractivity contribution < 1.29 is 55.5 Å². The van der Waals surface area contributed by atoms with Crippen molar-refractivity contribution in [3.8, 4) is 17.2 Å². The summed E-state index contributed by atoms with van der Waals surface area (Å²) >= 11 is 0. The van der Waals surface area contributed by atoms with Crippen LogP contribution in [0, 0.1) is 10.8 Å². The molecule has 0 spiro atoms. The van der Waals surface area contributed by atoms with Crippen LogP contribution in [-0.2, 0) is 61.9 Å². The number of rotatable bonds is 19. The van der Waals surface area contributed by atoms with Crippen molar-refractivity contribution in [2.75, 3.05) is 26.4 Å². The molecular weight excluding hydrogens is 1080 g/mol. The molecule has 1 radical (unpaired) electrons. The molecule has 8 rings (SSSR count). The predicted octanol–water partition coefficient (Wildman–Crippen LogP) is 15.6. The summed E-state index contributed by atoms with van der Waals surface area (Å²) in [5.74, 6) is 2.28. The molecule has 0 aliphatic heterocycles. The Labute approximate surface area is 504 Å². The van der Waals surface area contributed by atoms with Gasteiger partial charge in [-0.25, -0.2) is 0 Å². The van der Waals surface area contributed by atoms with Gasteiger partial charge in [-0.2, -0.15) is 0 Å². The van der Waals surface area contributed by atoms with Crippen molar-refractivity contribution in [1.29, 1.82) is 0 Å². The van der Waals surface area contributed by atoms with E-state index in [1.807, 2.05) is 54.9 Å². The van der Waals surface area contributed by atoms with E-state index in [0.29, 0.717) is 69.0 Å². The third-order valence-electron chi connectivity index (χ3n) is 14.6. The number of ketones is 2. The minimum Gasteiger partial charge on any atom is -0.493 e. The molecular formula is C72H86MnN2O8. The van der Waals surface area contributed by atoms with Crippen molar-refractivity contribution in [3.05, 3.63) is 230 Å². The van der Waals surface area contributed by atoms with E-state index in [4.69, 9.17) is 28.8 Å². The number of carboxylic acids is 1. The summed E-state index contributed by atoms with van der Waals surface area (Å²) in [7, 11) is 0. The third-order valence-corrected chi connectivity index (χ3v) is 14.6. The molecule has 10 nitrogen and oxygen atoms in total. The number of carbonyl (C=O) groups is 3. The number of carbonyl (C=O) groups excluding carboxylic acids is 2. The minimum absolute atomic E-state index is 0. The molecule has 8 bridgehead atoms. The number of hydrogen-bond acceptors (Lipinski definition) is 9. The molecule has 0 fully saturated rings. The molecule has 0 heterocycles. The van der Waals surface area contributed by atoms with Crippen LogP contribution in [0.5, 0.6) is 17.2 Å². The van der Waals surface area contributed by atoms with Gasteiger partial charge in [0.15, 0.2) is 11.6 Å². The first kappa shape index (κ1) is 64.8. The molecule has 3 aliphatic carbocycles. The Bertz CT molecular complexity index is 3240. The fourth-order valence-corrected chi connectivity index (χ4v) is 10.5. The summed E-state index contributed by atoms with van der Waals surface area (Å²) in [6.07, 6.45) is 15.0. The summed E-state index contributed by atoms with van der Waals surface area (Å²) in [5.41, 5.74) is 12.2. The van der Waals surface area contributed by atoms with Gasteiger partial charge in [0.25, 0.3) is 5.97 Å². The number of para-hydroxylation sites is 3. The number of nitrogens with one attached hydrogen (secondary N) is 2. The van der Waals surface area contributed by atoms with E-state index in [2.05, 4.69) is 165 Å². The molecule has 0 unspecified atom stereocenters. The molecule has 439 valence electrons. The second-order valence-corrected chi connectivity index (χ2v) is 23.4. The van der Waals surface area contributed by atoms with Crippen LogP contribution in [0.3, 0.4) is 0 Å². The van der Waals surface area contributed by atoms with E-state index in [-0.39, 0.29) is 39.5 Å². The van der Waals surface area contributed by atoms with Crippen LogP contribution in [0.4, 0.5) is 0 Å². The van der Waals surface area contributed by atoms with E-state index in [1.54, 1.807) is 6.08 Å². The first-order valence-electron chi connectivity index (χ1n) is 29.4. The van der Waals surface area contributed by atoms with Crippen LogP contribution in [0.2, 0.25) is 0 Å². The Hall–Kier alpha value is -7.33. The monoisotopic (exact) mass is 1160 g/mol. The van der Waals surface area contributed by atoms with Gasteiger partial charge in [-0.1, -0.05) is 191 Å². The minimum atomic E-state index is -0.833. The molecule has 83 heavy (non-hydrogen) atoms. The summed E-state index contributed by atoms with van der Waals surface area (Å²) in [6, 6.07) is 39.0. The van der Waals surface area contributed by atoms with Crippen LogP contribution < -0.4 is 24.8 Å². The van der Waals surface area contributed by atoms with Gasteiger partial charge in [-0.05, 0) is 98.7 Å². The van der Waals surface area contributed by atoms with Crippen molar-refractivity contribution in [2.45, 2.75) is 140 Å². The fraction of sp³-hybridized carbons (Fsp3) is 0.375. The Kier molecular flexibility index (Phi) is 23.7. The van der Waals surface area contributed by atoms with Crippen molar-refractivity contribution in [1.82, 2.24) is 10.6 Å². The average Bonchev–Trinajstić information content (AvgIpc) is 2.98. The maximum absolute atomic E-state index is 15.4. The molecule has 0 saturated carbocycles. The van der Waals surface area contributed by atoms with Gasteiger partial charge in [0.1, 0.15) is 23.0 Å². The number of aliphatic carboxylic acids is 1. The predicted molar refractivity (Wildman–Crippen MR) is 330 cm³/mol. The zero-order chi connectivity index (χ0) is 59.0. The third kappa shape index (κ3) is 16.9. The first-order valence-corrected chi connectivity index (χ1v) is 29.4. The van der Waals surface area contributed by atoms with E-state index >= 15 is 4.79 Å².